The van der Waals surface area contributed by atoms with E-state index in [1.165, 1.54) is 4.88 Å². The van der Waals surface area contributed by atoms with E-state index in [0.717, 1.165) is 25.1 Å². The number of ether oxygens (including phenoxy) is 1. The summed E-state index contributed by atoms with van der Waals surface area (Å²) in [6.07, 6.45) is 1.85. The Morgan fingerprint density at radius 2 is 2.40 bits per heavy atom. The summed E-state index contributed by atoms with van der Waals surface area (Å²) >= 11 is 1.69. The topological polar surface area (TPSA) is 41.5 Å². The van der Waals surface area contributed by atoms with Crippen molar-refractivity contribution in [3.8, 4) is 5.75 Å². The van der Waals surface area contributed by atoms with Crippen molar-refractivity contribution in [2.45, 2.75) is 32.4 Å². The molecule has 1 heterocycles. The first kappa shape index (κ1) is 12.5. The van der Waals surface area contributed by atoms with E-state index in [-0.39, 0.29) is 6.61 Å². The summed E-state index contributed by atoms with van der Waals surface area (Å²) in [5.74, 6) is 0.950. The summed E-state index contributed by atoms with van der Waals surface area (Å²) < 4.78 is 5.23. The molecule has 86 valence electrons. The number of methoxy groups -OCH3 is 1. The zero-order valence-corrected chi connectivity index (χ0v) is 10.1. The normalized spacial score (nSPS) is 12.7. The van der Waals surface area contributed by atoms with Crippen LogP contribution in [0.15, 0.2) is 11.4 Å². The molecular weight excluding hydrogens is 210 g/mol. The molecule has 0 saturated heterocycles. The molecule has 0 aliphatic heterocycles. The third kappa shape index (κ3) is 3.81. The van der Waals surface area contributed by atoms with Crippen molar-refractivity contribution in [3.63, 3.8) is 0 Å². The first-order valence-corrected chi connectivity index (χ1v) is 6.14. The van der Waals surface area contributed by atoms with Crippen LogP contribution in [0.1, 0.15) is 24.6 Å². The van der Waals surface area contributed by atoms with Gasteiger partial charge in [0.2, 0.25) is 0 Å². The summed E-state index contributed by atoms with van der Waals surface area (Å²) in [6.45, 7) is 3.19. The predicted octanol–water partition coefficient (Wildman–Crippen LogP) is 2.01. The van der Waals surface area contributed by atoms with Gasteiger partial charge < -0.3 is 15.2 Å². The number of aliphatic hydroxyl groups excluding tert-OH is 1. The van der Waals surface area contributed by atoms with Gasteiger partial charge in [-0.3, -0.25) is 0 Å². The lowest BCUT2D eigenvalue weighted by Gasteiger charge is -2.15. The van der Waals surface area contributed by atoms with Crippen molar-refractivity contribution in [3.05, 3.63) is 16.3 Å². The van der Waals surface area contributed by atoms with Crippen LogP contribution in [-0.2, 0) is 6.54 Å². The molecule has 1 unspecified atom stereocenters. The van der Waals surface area contributed by atoms with Crippen LogP contribution in [-0.4, -0.2) is 24.9 Å². The van der Waals surface area contributed by atoms with E-state index in [0.29, 0.717) is 6.04 Å². The Hall–Kier alpha value is -0.580. The van der Waals surface area contributed by atoms with Gasteiger partial charge in [0.05, 0.1) is 12.0 Å². The summed E-state index contributed by atoms with van der Waals surface area (Å²) in [5, 5.41) is 14.3. The molecule has 0 saturated carbocycles. The minimum Gasteiger partial charge on any atom is -0.496 e. The maximum atomic E-state index is 8.86. The van der Waals surface area contributed by atoms with Crippen molar-refractivity contribution < 1.29 is 9.84 Å². The van der Waals surface area contributed by atoms with Crippen LogP contribution < -0.4 is 10.1 Å². The highest BCUT2D eigenvalue weighted by atomic mass is 32.1. The van der Waals surface area contributed by atoms with Crippen LogP contribution in [0.3, 0.4) is 0 Å². The zero-order chi connectivity index (χ0) is 11.1. The van der Waals surface area contributed by atoms with Gasteiger partial charge in [0, 0.05) is 19.2 Å². The third-order valence-electron chi connectivity index (χ3n) is 2.45. The van der Waals surface area contributed by atoms with E-state index in [1.807, 2.05) is 11.4 Å². The number of aliphatic hydroxyl groups is 1. The van der Waals surface area contributed by atoms with Crippen LogP contribution in [0.5, 0.6) is 5.75 Å². The molecular formula is C11H19NO2S. The van der Waals surface area contributed by atoms with E-state index in [9.17, 15) is 0 Å². The quantitative estimate of drug-likeness (QED) is 0.751. The van der Waals surface area contributed by atoms with Gasteiger partial charge in [-0.1, -0.05) is 6.92 Å². The fraction of sp³-hybridized carbons (Fsp3) is 0.636. The molecule has 15 heavy (non-hydrogen) atoms. The van der Waals surface area contributed by atoms with Crippen LogP contribution >= 0.6 is 11.3 Å². The van der Waals surface area contributed by atoms with E-state index in [4.69, 9.17) is 9.84 Å². The number of hydrogen-bond acceptors (Lipinski definition) is 4. The van der Waals surface area contributed by atoms with Gasteiger partial charge in [0.15, 0.2) is 0 Å². The van der Waals surface area contributed by atoms with Crippen LogP contribution in [0.4, 0.5) is 0 Å². The molecule has 1 atom stereocenters. The molecule has 0 aliphatic rings. The maximum Gasteiger partial charge on any atom is 0.134 e. The molecule has 3 nitrogen and oxygen atoms in total. The molecule has 2 N–H and O–H groups in total. The molecule has 1 aromatic rings. The van der Waals surface area contributed by atoms with E-state index < -0.39 is 0 Å². The number of hydrogen-bond donors (Lipinski definition) is 2. The molecule has 0 radical (unpaired) electrons. The molecule has 0 amide bonds. The number of nitrogens with one attached hydrogen (secondary N) is 1. The second kappa shape index (κ2) is 6.82. The largest absolute Gasteiger partial charge is 0.496 e. The molecule has 4 heteroatoms. The summed E-state index contributed by atoms with van der Waals surface area (Å²) in [7, 11) is 1.69. The Morgan fingerprint density at radius 3 is 3.00 bits per heavy atom. The van der Waals surface area contributed by atoms with Crippen LogP contribution in [0.25, 0.3) is 0 Å². The Kier molecular flexibility index (Phi) is 5.68. The van der Waals surface area contributed by atoms with Gasteiger partial charge in [-0.2, -0.15) is 0 Å². The van der Waals surface area contributed by atoms with Gasteiger partial charge in [-0.15, -0.1) is 11.3 Å². The van der Waals surface area contributed by atoms with Crippen molar-refractivity contribution in [2.75, 3.05) is 13.7 Å². The molecule has 0 spiro atoms. The highest BCUT2D eigenvalue weighted by Crippen LogP contribution is 2.24. The monoisotopic (exact) mass is 229 g/mol. The lowest BCUT2D eigenvalue weighted by atomic mass is 10.1. The number of rotatable bonds is 7. The zero-order valence-electron chi connectivity index (χ0n) is 9.32. The van der Waals surface area contributed by atoms with Crippen molar-refractivity contribution in [1.82, 2.24) is 5.32 Å². The smallest absolute Gasteiger partial charge is 0.134 e. The first-order valence-electron chi connectivity index (χ1n) is 5.26. The van der Waals surface area contributed by atoms with Crippen molar-refractivity contribution in [2.24, 2.45) is 0 Å². The summed E-state index contributed by atoms with van der Waals surface area (Å²) in [4.78, 5) is 1.22. The fourth-order valence-corrected chi connectivity index (χ4v) is 2.27. The van der Waals surface area contributed by atoms with Gasteiger partial charge in [0.1, 0.15) is 5.75 Å². The molecule has 0 aromatic carbocycles. The Balaban J connectivity index is 2.41. The predicted molar refractivity (Wildman–Crippen MR) is 63.5 cm³/mol. The standard InChI is InChI=1S/C11H19NO2S/c1-3-9(4-6-13)12-8-11-10(14-2)5-7-15-11/h5,7,9,12-13H,3-4,6,8H2,1-2H3. The van der Waals surface area contributed by atoms with Gasteiger partial charge in [-0.25, -0.2) is 0 Å². The lowest BCUT2D eigenvalue weighted by Crippen LogP contribution is -2.28. The highest BCUT2D eigenvalue weighted by Gasteiger charge is 2.08. The Bertz CT molecular complexity index is 275. The van der Waals surface area contributed by atoms with E-state index in [1.54, 1.807) is 18.4 Å². The lowest BCUT2D eigenvalue weighted by molar-refractivity contribution is 0.262. The first-order chi connectivity index (χ1) is 7.31. The third-order valence-corrected chi connectivity index (χ3v) is 3.35. The molecule has 0 fully saturated rings. The second-order valence-electron chi connectivity index (χ2n) is 3.41. The van der Waals surface area contributed by atoms with Crippen LogP contribution in [0, 0.1) is 0 Å². The summed E-state index contributed by atoms with van der Waals surface area (Å²) in [5.41, 5.74) is 0. The summed E-state index contributed by atoms with van der Waals surface area (Å²) in [6, 6.07) is 2.37. The maximum absolute atomic E-state index is 8.86. The Morgan fingerprint density at radius 1 is 1.60 bits per heavy atom. The average Bonchev–Trinajstić information content (AvgIpc) is 2.71. The minimum atomic E-state index is 0.243. The molecule has 0 bridgehead atoms. The van der Waals surface area contributed by atoms with E-state index in [2.05, 4.69) is 12.2 Å². The highest BCUT2D eigenvalue weighted by molar-refractivity contribution is 7.10. The van der Waals surface area contributed by atoms with E-state index >= 15 is 0 Å². The second-order valence-corrected chi connectivity index (χ2v) is 4.41. The molecule has 1 rings (SSSR count). The minimum absolute atomic E-state index is 0.243. The number of thiophene rings is 1. The Labute approximate surface area is 95.1 Å². The van der Waals surface area contributed by atoms with Crippen molar-refractivity contribution >= 4 is 11.3 Å². The van der Waals surface area contributed by atoms with Gasteiger partial charge in [0.25, 0.3) is 0 Å². The van der Waals surface area contributed by atoms with Crippen molar-refractivity contribution in [1.29, 1.82) is 0 Å². The van der Waals surface area contributed by atoms with Gasteiger partial charge in [-0.05, 0) is 24.3 Å². The van der Waals surface area contributed by atoms with Crippen LogP contribution in [0.2, 0.25) is 0 Å². The average molecular weight is 229 g/mol. The fourth-order valence-electron chi connectivity index (χ4n) is 1.48. The molecule has 1 aromatic heterocycles. The van der Waals surface area contributed by atoms with Gasteiger partial charge >= 0.3 is 0 Å². The SMILES string of the molecule is CCC(CCO)NCc1sccc1OC. The molecule has 0 aliphatic carbocycles.